The van der Waals surface area contributed by atoms with E-state index in [1.807, 2.05) is 0 Å². The van der Waals surface area contributed by atoms with Crippen LogP contribution in [0.3, 0.4) is 0 Å². The highest BCUT2D eigenvalue weighted by atomic mass is 32.2. The zero-order valence-electron chi connectivity index (χ0n) is 10.8. The van der Waals surface area contributed by atoms with Crippen LogP contribution in [0, 0.1) is 0 Å². The van der Waals surface area contributed by atoms with Crippen LogP contribution in [0.1, 0.15) is 18.8 Å². The first-order chi connectivity index (χ1) is 8.81. The number of rotatable bonds is 4. The van der Waals surface area contributed by atoms with Gasteiger partial charge in [0, 0.05) is 20.3 Å². The molecule has 1 atom stereocenters. The Morgan fingerprint density at radius 2 is 2.11 bits per heavy atom. The van der Waals surface area contributed by atoms with Gasteiger partial charge in [0.2, 0.25) is 10.0 Å². The summed E-state index contributed by atoms with van der Waals surface area (Å²) in [5.41, 5.74) is 5.57. The van der Waals surface area contributed by atoms with Gasteiger partial charge in [0.25, 0.3) is 0 Å². The second-order valence-electron chi connectivity index (χ2n) is 4.20. The van der Waals surface area contributed by atoms with E-state index >= 15 is 0 Å². The average Bonchev–Trinajstić information content (AvgIpc) is 2.84. The topological polar surface area (TPSA) is 121 Å². The summed E-state index contributed by atoms with van der Waals surface area (Å²) in [5, 5.41) is 11.4. The maximum absolute atomic E-state index is 12.2. The van der Waals surface area contributed by atoms with Crippen LogP contribution in [0.25, 0.3) is 0 Å². The van der Waals surface area contributed by atoms with Crippen LogP contribution in [0.5, 0.6) is 0 Å². The Morgan fingerprint density at radius 1 is 1.42 bits per heavy atom. The summed E-state index contributed by atoms with van der Waals surface area (Å²) in [4.78, 5) is -0.0518. The molecule has 9 nitrogen and oxygen atoms in total. The Balaban J connectivity index is 2.28. The van der Waals surface area contributed by atoms with Crippen molar-refractivity contribution in [2.75, 3.05) is 5.73 Å². The molecule has 1 unspecified atom stereocenters. The van der Waals surface area contributed by atoms with Crippen LogP contribution in [-0.2, 0) is 24.1 Å². The quantitative estimate of drug-likeness (QED) is 0.756. The number of nitrogen functional groups attached to an aromatic ring is 1. The number of sulfonamides is 1. The summed E-state index contributed by atoms with van der Waals surface area (Å²) in [6, 6.07) is -0.530. The summed E-state index contributed by atoms with van der Waals surface area (Å²) in [5.74, 6) is 0.464. The second kappa shape index (κ2) is 4.63. The van der Waals surface area contributed by atoms with E-state index in [1.165, 1.54) is 17.2 Å². The number of hydrogen-bond acceptors (Lipinski definition) is 6. The van der Waals surface area contributed by atoms with Gasteiger partial charge in [0.15, 0.2) is 5.82 Å². The van der Waals surface area contributed by atoms with E-state index in [0.29, 0.717) is 5.82 Å². The van der Waals surface area contributed by atoms with Crippen molar-refractivity contribution in [2.24, 2.45) is 14.1 Å². The summed E-state index contributed by atoms with van der Waals surface area (Å²) in [6.45, 7) is 1.67. The van der Waals surface area contributed by atoms with Gasteiger partial charge in [0.05, 0.1) is 6.04 Å². The fraction of sp³-hybridized carbons (Fsp3) is 0.444. The molecule has 0 amide bonds. The smallest absolute Gasteiger partial charge is 0.246 e. The van der Waals surface area contributed by atoms with Crippen LogP contribution < -0.4 is 10.5 Å². The lowest BCUT2D eigenvalue weighted by atomic mass is 10.3. The lowest BCUT2D eigenvalue weighted by molar-refractivity contribution is 0.553. The van der Waals surface area contributed by atoms with Gasteiger partial charge in [-0.15, -0.1) is 10.2 Å². The van der Waals surface area contributed by atoms with E-state index in [0.717, 1.165) is 0 Å². The third-order valence-corrected chi connectivity index (χ3v) is 4.13. The molecule has 19 heavy (non-hydrogen) atoms. The van der Waals surface area contributed by atoms with Gasteiger partial charge in [-0.3, -0.25) is 4.68 Å². The highest BCUT2D eigenvalue weighted by Crippen LogP contribution is 2.18. The van der Waals surface area contributed by atoms with E-state index in [9.17, 15) is 8.42 Å². The molecule has 0 spiro atoms. The number of anilines is 1. The van der Waals surface area contributed by atoms with E-state index in [4.69, 9.17) is 5.73 Å². The van der Waals surface area contributed by atoms with Crippen LogP contribution >= 0.6 is 0 Å². The zero-order chi connectivity index (χ0) is 14.2. The third-order valence-electron chi connectivity index (χ3n) is 2.58. The predicted molar refractivity (Wildman–Crippen MR) is 67.4 cm³/mol. The molecule has 2 aromatic rings. The van der Waals surface area contributed by atoms with Crippen molar-refractivity contribution in [3.63, 3.8) is 0 Å². The minimum atomic E-state index is -3.75. The van der Waals surface area contributed by atoms with Crippen LogP contribution in [0.15, 0.2) is 17.4 Å². The lowest BCUT2D eigenvalue weighted by Crippen LogP contribution is -2.28. The molecule has 0 aliphatic rings. The summed E-state index contributed by atoms with van der Waals surface area (Å²) in [6.07, 6.45) is 2.85. The SMILES string of the molecule is CC(NS(=O)(=O)c1cn(C)nc1N)c1nncn1C. The van der Waals surface area contributed by atoms with Crippen molar-refractivity contribution in [3.8, 4) is 0 Å². The molecule has 2 aromatic heterocycles. The van der Waals surface area contributed by atoms with Gasteiger partial charge in [0.1, 0.15) is 17.0 Å². The minimum absolute atomic E-state index is 0.0415. The molecule has 3 N–H and O–H groups in total. The number of aryl methyl sites for hydroxylation is 2. The normalized spacial score (nSPS) is 13.6. The first kappa shape index (κ1) is 13.5. The molecular formula is C9H15N7O2S. The van der Waals surface area contributed by atoms with Crippen molar-refractivity contribution < 1.29 is 8.42 Å². The summed E-state index contributed by atoms with van der Waals surface area (Å²) in [7, 11) is -0.418. The van der Waals surface area contributed by atoms with Gasteiger partial charge in [-0.1, -0.05) is 0 Å². The standard InChI is InChI=1S/C9H15N7O2S/c1-6(9-12-11-5-15(9)2)14-19(17,18)7-4-16(3)13-8(7)10/h4-6,14H,1-3H3,(H2,10,13). The van der Waals surface area contributed by atoms with Crippen molar-refractivity contribution in [3.05, 3.63) is 18.3 Å². The van der Waals surface area contributed by atoms with Gasteiger partial charge >= 0.3 is 0 Å². The lowest BCUT2D eigenvalue weighted by Gasteiger charge is -2.12. The molecule has 2 rings (SSSR count). The maximum atomic E-state index is 12.2. The maximum Gasteiger partial charge on any atom is 0.246 e. The Kier molecular flexibility index (Phi) is 3.28. The van der Waals surface area contributed by atoms with Crippen molar-refractivity contribution in [2.45, 2.75) is 17.9 Å². The molecule has 10 heteroatoms. The summed E-state index contributed by atoms with van der Waals surface area (Å²) < 4.78 is 29.8. The molecule has 0 saturated carbocycles. The number of nitrogens with one attached hydrogen (secondary N) is 1. The van der Waals surface area contributed by atoms with Gasteiger partial charge in [-0.25, -0.2) is 13.1 Å². The van der Waals surface area contributed by atoms with Crippen LogP contribution in [0.4, 0.5) is 5.82 Å². The molecule has 2 heterocycles. The van der Waals surface area contributed by atoms with E-state index in [1.54, 1.807) is 25.6 Å². The first-order valence-electron chi connectivity index (χ1n) is 5.46. The van der Waals surface area contributed by atoms with E-state index in [2.05, 4.69) is 20.0 Å². The molecular weight excluding hydrogens is 270 g/mol. The zero-order valence-corrected chi connectivity index (χ0v) is 11.6. The summed E-state index contributed by atoms with van der Waals surface area (Å²) >= 11 is 0. The predicted octanol–water partition coefficient (Wildman–Crippen LogP) is -0.830. The first-order valence-corrected chi connectivity index (χ1v) is 6.95. The second-order valence-corrected chi connectivity index (χ2v) is 5.88. The van der Waals surface area contributed by atoms with E-state index < -0.39 is 16.1 Å². The Labute approximate surface area is 110 Å². The number of aromatic nitrogens is 5. The van der Waals surface area contributed by atoms with Crippen molar-refractivity contribution in [1.82, 2.24) is 29.3 Å². The highest BCUT2D eigenvalue weighted by molar-refractivity contribution is 7.89. The Morgan fingerprint density at radius 3 is 2.58 bits per heavy atom. The molecule has 0 aromatic carbocycles. The van der Waals surface area contributed by atoms with Crippen LogP contribution in [-0.4, -0.2) is 33.0 Å². The van der Waals surface area contributed by atoms with Gasteiger partial charge in [-0.2, -0.15) is 5.10 Å². The molecule has 104 valence electrons. The largest absolute Gasteiger partial charge is 0.381 e. The molecule has 0 fully saturated rings. The Bertz CT molecular complexity index is 687. The Hall–Kier alpha value is -1.94. The number of nitrogens with two attached hydrogens (primary N) is 1. The molecule has 0 bridgehead atoms. The molecule has 0 radical (unpaired) electrons. The third kappa shape index (κ3) is 2.58. The molecule has 0 saturated heterocycles. The highest BCUT2D eigenvalue weighted by Gasteiger charge is 2.24. The van der Waals surface area contributed by atoms with Gasteiger partial charge in [-0.05, 0) is 6.92 Å². The monoisotopic (exact) mass is 285 g/mol. The van der Waals surface area contributed by atoms with Crippen LogP contribution in [0.2, 0.25) is 0 Å². The van der Waals surface area contributed by atoms with E-state index in [-0.39, 0.29) is 10.7 Å². The number of hydrogen-bond donors (Lipinski definition) is 2. The minimum Gasteiger partial charge on any atom is -0.381 e. The van der Waals surface area contributed by atoms with Crippen molar-refractivity contribution in [1.29, 1.82) is 0 Å². The molecule has 0 aliphatic heterocycles. The van der Waals surface area contributed by atoms with Gasteiger partial charge < -0.3 is 10.3 Å². The average molecular weight is 285 g/mol. The fourth-order valence-electron chi connectivity index (χ4n) is 1.72. The number of nitrogens with zero attached hydrogens (tertiary/aromatic N) is 5. The molecule has 0 aliphatic carbocycles. The van der Waals surface area contributed by atoms with Crippen molar-refractivity contribution >= 4 is 15.8 Å². The fourth-order valence-corrected chi connectivity index (χ4v) is 3.03.